The van der Waals surface area contributed by atoms with Crippen LogP contribution in [0.5, 0.6) is 0 Å². The lowest BCUT2D eigenvalue weighted by atomic mass is 9.93. The van der Waals surface area contributed by atoms with Gasteiger partial charge in [-0.1, -0.05) is 0 Å². The number of aliphatic imine (C=N–C) groups is 1. The van der Waals surface area contributed by atoms with Crippen LogP contribution in [-0.4, -0.2) is 33.7 Å². The first kappa shape index (κ1) is 19.1. The Bertz CT molecular complexity index is 846. The number of nitrogens with two attached hydrogens (primary N) is 1. The number of ether oxygens (including phenoxy) is 1. The van der Waals surface area contributed by atoms with E-state index in [0.29, 0.717) is 0 Å². The zero-order chi connectivity index (χ0) is 18.3. The summed E-state index contributed by atoms with van der Waals surface area (Å²) < 4.78 is 36.6. The lowest BCUT2D eigenvalue weighted by Gasteiger charge is -2.40. The lowest BCUT2D eigenvalue weighted by molar-refractivity contribution is 0.204. The average molecular weight is 467 g/mol. The minimum absolute atomic E-state index is 0.00609. The number of halogens is 2. The van der Waals surface area contributed by atoms with Gasteiger partial charge >= 0.3 is 6.09 Å². The standard InChI is InChI=1S/C15H19FIN3O3S/c1-14(2)12(23-13(18)21)20-15(3,8-24(14,22)19-4)10-7-9(17)5-6-11(10)16/h5-7H,8H2,1-4H3,(H2,18,21)/t15-,24-/m0/s1. The molecule has 1 aliphatic rings. The molecule has 9 heteroatoms. The van der Waals surface area contributed by atoms with Crippen molar-refractivity contribution in [1.29, 1.82) is 0 Å². The molecule has 0 bridgehead atoms. The van der Waals surface area contributed by atoms with Crippen LogP contribution in [0, 0.1) is 9.39 Å². The average Bonchev–Trinajstić information content (AvgIpc) is 2.47. The number of amides is 1. The summed E-state index contributed by atoms with van der Waals surface area (Å²) in [5.74, 6) is -0.568. The summed E-state index contributed by atoms with van der Waals surface area (Å²) >= 11 is 2.06. The van der Waals surface area contributed by atoms with Crippen LogP contribution in [0.2, 0.25) is 0 Å². The Morgan fingerprint density at radius 2 is 2.08 bits per heavy atom. The second kappa shape index (κ2) is 6.25. The molecule has 0 aromatic heterocycles. The maximum Gasteiger partial charge on any atom is 0.411 e. The topological polar surface area (TPSA) is 94.1 Å². The van der Waals surface area contributed by atoms with Crippen LogP contribution < -0.4 is 5.73 Å². The molecule has 2 atom stereocenters. The van der Waals surface area contributed by atoms with Gasteiger partial charge in [-0.3, -0.25) is 0 Å². The fraction of sp³-hybridized carbons (Fsp3) is 0.467. The first-order chi connectivity index (χ1) is 10.9. The van der Waals surface area contributed by atoms with Crippen molar-refractivity contribution in [3.63, 3.8) is 0 Å². The molecular weight excluding hydrogens is 448 g/mol. The highest BCUT2D eigenvalue weighted by Crippen LogP contribution is 2.40. The second-order valence-corrected chi connectivity index (χ2v) is 10.4. The van der Waals surface area contributed by atoms with E-state index in [1.165, 1.54) is 13.1 Å². The number of carbonyl (C=O) groups is 1. The molecule has 0 aliphatic carbocycles. The summed E-state index contributed by atoms with van der Waals surface area (Å²) in [6, 6.07) is 4.59. The molecule has 0 saturated heterocycles. The Labute approximate surface area is 154 Å². The van der Waals surface area contributed by atoms with Crippen molar-refractivity contribution >= 4 is 44.3 Å². The molecule has 0 radical (unpaired) electrons. The fourth-order valence-electron chi connectivity index (χ4n) is 2.67. The van der Waals surface area contributed by atoms with Crippen LogP contribution in [0.1, 0.15) is 26.3 Å². The predicted molar refractivity (Wildman–Crippen MR) is 100 cm³/mol. The van der Waals surface area contributed by atoms with E-state index >= 15 is 0 Å². The van der Waals surface area contributed by atoms with Crippen molar-refractivity contribution < 1.29 is 18.1 Å². The highest BCUT2D eigenvalue weighted by atomic mass is 127. The molecular formula is C15H19FIN3O3S. The Kier molecular flexibility index (Phi) is 4.97. The molecule has 1 heterocycles. The summed E-state index contributed by atoms with van der Waals surface area (Å²) in [4.78, 5) is 15.7. The van der Waals surface area contributed by atoms with Crippen molar-refractivity contribution in [2.24, 2.45) is 15.1 Å². The van der Waals surface area contributed by atoms with Crippen LogP contribution >= 0.6 is 22.6 Å². The van der Waals surface area contributed by atoms with E-state index in [1.807, 2.05) is 0 Å². The summed E-state index contributed by atoms with van der Waals surface area (Å²) in [7, 11) is -1.46. The molecule has 24 heavy (non-hydrogen) atoms. The molecule has 1 aromatic rings. The van der Waals surface area contributed by atoms with Gasteiger partial charge in [0, 0.05) is 16.2 Å². The normalized spacial score (nSPS) is 28.8. The van der Waals surface area contributed by atoms with Gasteiger partial charge in [-0.15, -0.1) is 0 Å². The number of carbonyl (C=O) groups excluding carboxylic acids is 1. The lowest BCUT2D eigenvalue weighted by Crippen LogP contribution is -2.53. The van der Waals surface area contributed by atoms with Gasteiger partial charge in [0.1, 0.15) is 16.1 Å². The number of benzene rings is 1. The summed E-state index contributed by atoms with van der Waals surface area (Å²) in [6.07, 6.45) is -1.06. The van der Waals surface area contributed by atoms with Crippen LogP contribution in [0.25, 0.3) is 0 Å². The quantitative estimate of drug-likeness (QED) is 0.644. The Morgan fingerprint density at radius 3 is 2.62 bits per heavy atom. The zero-order valence-electron chi connectivity index (χ0n) is 13.8. The van der Waals surface area contributed by atoms with Gasteiger partial charge in [-0.25, -0.2) is 22.7 Å². The van der Waals surface area contributed by atoms with Gasteiger partial charge < -0.3 is 10.5 Å². The van der Waals surface area contributed by atoms with Crippen molar-refractivity contribution in [2.75, 3.05) is 12.8 Å². The molecule has 6 nitrogen and oxygen atoms in total. The predicted octanol–water partition coefficient (Wildman–Crippen LogP) is 3.03. The number of hydrogen-bond donors (Lipinski definition) is 1. The molecule has 1 aromatic carbocycles. The van der Waals surface area contributed by atoms with Gasteiger partial charge in [-0.05, 0) is 61.6 Å². The number of primary amides is 1. The van der Waals surface area contributed by atoms with Gasteiger partial charge in [0.25, 0.3) is 0 Å². The van der Waals surface area contributed by atoms with Crippen LogP contribution in [0.3, 0.4) is 0 Å². The Hall–Kier alpha value is -1.23. The van der Waals surface area contributed by atoms with E-state index in [9.17, 15) is 13.4 Å². The maximum absolute atomic E-state index is 14.4. The molecule has 0 unspecified atom stereocenters. The summed E-state index contributed by atoms with van der Waals surface area (Å²) in [5, 5.41) is 0. The fourth-order valence-corrected chi connectivity index (χ4v) is 5.45. The van der Waals surface area contributed by atoms with Crippen LogP contribution in [0.4, 0.5) is 9.18 Å². The summed E-state index contributed by atoms with van der Waals surface area (Å²) in [6.45, 7) is 4.88. The van der Waals surface area contributed by atoms with Crippen molar-refractivity contribution in [3.8, 4) is 0 Å². The van der Waals surface area contributed by atoms with E-state index in [-0.39, 0.29) is 17.2 Å². The molecule has 0 spiro atoms. The summed E-state index contributed by atoms with van der Waals surface area (Å²) in [5.41, 5.74) is 4.19. The molecule has 2 rings (SSSR count). The second-order valence-electron chi connectivity index (χ2n) is 6.21. The van der Waals surface area contributed by atoms with E-state index in [2.05, 4.69) is 31.9 Å². The zero-order valence-corrected chi connectivity index (χ0v) is 16.8. The maximum atomic E-state index is 14.4. The minimum atomic E-state index is -2.89. The van der Waals surface area contributed by atoms with Crippen LogP contribution in [0.15, 0.2) is 27.6 Å². The number of rotatable bonds is 1. The van der Waals surface area contributed by atoms with Gasteiger partial charge in [-0.2, -0.15) is 0 Å². The highest BCUT2D eigenvalue weighted by molar-refractivity contribution is 14.1. The smallest absolute Gasteiger partial charge is 0.394 e. The molecule has 132 valence electrons. The SMILES string of the molecule is CN=[S@]1(=O)C[C@@](C)(c2cc(I)ccc2F)N=C(OC(N)=O)C1(C)C. The molecule has 0 saturated carbocycles. The van der Waals surface area contributed by atoms with Gasteiger partial charge in [0.2, 0.25) is 5.90 Å². The first-order valence-electron chi connectivity index (χ1n) is 7.11. The highest BCUT2D eigenvalue weighted by Gasteiger charge is 2.50. The number of nitrogens with zero attached hydrogens (tertiary/aromatic N) is 2. The molecule has 0 fully saturated rings. The van der Waals surface area contributed by atoms with E-state index in [1.54, 1.807) is 32.9 Å². The van der Waals surface area contributed by atoms with E-state index < -0.39 is 31.9 Å². The van der Waals surface area contributed by atoms with Crippen molar-refractivity contribution in [3.05, 3.63) is 33.1 Å². The van der Waals surface area contributed by atoms with Crippen molar-refractivity contribution in [2.45, 2.75) is 31.1 Å². The van der Waals surface area contributed by atoms with Crippen molar-refractivity contribution in [1.82, 2.24) is 0 Å². The third kappa shape index (κ3) is 3.15. The largest absolute Gasteiger partial charge is 0.411 e. The van der Waals surface area contributed by atoms with E-state index in [4.69, 9.17) is 10.5 Å². The van der Waals surface area contributed by atoms with Gasteiger partial charge in [0.05, 0.1) is 15.5 Å². The monoisotopic (exact) mass is 467 g/mol. The number of hydrogen-bond acceptors (Lipinski definition) is 5. The molecule has 1 amide bonds. The van der Waals surface area contributed by atoms with E-state index in [0.717, 1.165) is 3.57 Å². The van der Waals surface area contributed by atoms with Gasteiger partial charge in [0.15, 0.2) is 0 Å². The van der Waals surface area contributed by atoms with Crippen LogP contribution in [-0.2, 0) is 20.0 Å². The Balaban J connectivity index is 2.77. The third-order valence-electron chi connectivity index (χ3n) is 4.14. The molecule has 1 aliphatic heterocycles. The third-order valence-corrected chi connectivity index (χ3v) is 8.12. The Morgan fingerprint density at radius 1 is 1.46 bits per heavy atom. The molecule has 2 N–H and O–H groups in total. The first-order valence-corrected chi connectivity index (χ1v) is 9.87. The minimum Gasteiger partial charge on any atom is -0.394 e.